The third-order valence-corrected chi connectivity index (χ3v) is 5.92. The maximum absolute atomic E-state index is 13.4. The third-order valence-electron chi connectivity index (χ3n) is 5.58. The minimum absolute atomic E-state index is 0.0527. The number of nitrogens with zero attached hydrogens (tertiary/aromatic N) is 5. The van der Waals surface area contributed by atoms with E-state index in [0.29, 0.717) is 28.3 Å². The molecule has 198 valence electrons. The van der Waals surface area contributed by atoms with E-state index >= 15 is 0 Å². The lowest BCUT2D eigenvalue weighted by molar-refractivity contribution is -0.143. The topological polar surface area (TPSA) is 63.9 Å². The van der Waals surface area contributed by atoms with Crippen molar-refractivity contribution in [1.29, 1.82) is 0 Å². The summed E-state index contributed by atoms with van der Waals surface area (Å²) in [4.78, 5) is 18.6. The van der Waals surface area contributed by atoms with Gasteiger partial charge >= 0.3 is 12.4 Å². The molecule has 0 radical (unpaired) electrons. The molecule has 4 aromatic rings. The van der Waals surface area contributed by atoms with Gasteiger partial charge in [-0.05, 0) is 35.4 Å². The Balaban J connectivity index is 1.76. The summed E-state index contributed by atoms with van der Waals surface area (Å²) in [5.74, 6) is -0.581. The molecule has 2 aromatic carbocycles. The molecule has 13 heteroatoms. The summed E-state index contributed by atoms with van der Waals surface area (Å²) in [6, 6.07) is 11.2. The van der Waals surface area contributed by atoms with E-state index < -0.39 is 35.9 Å². The number of alkyl halides is 6. The summed E-state index contributed by atoms with van der Waals surface area (Å²) >= 11 is 6.14. The molecule has 0 aliphatic carbocycles. The van der Waals surface area contributed by atoms with Gasteiger partial charge < -0.3 is 4.90 Å². The van der Waals surface area contributed by atoms with Crippen LogP contribution in [-0.4, -0.2) is 37.8 Å². The average Bonchev–Trinajstić information content (AvgIpc) is 3.27. The van der Waals surface area contributed by atoms with Crippen molar-refractivity contribution in [1.82, 2.24) is 24.9 Å². The molecule has 38 heavy (non-hydrogen) atoms. The fourth-order valence-corrected chi connectivity index (χ4v) is 3.95. The van der Waals surface area contributed by atoms with E-state index in [9.17, 15) is 31.1 Å². The molecule has 0 aliphatic rings. The van der Waals surface area contributed by atoms with Crippen molar-refractivity contribution in [3.05, 3.63) is 100.0 Å². The van der Waals surface area contributed by atoms with Crippen LogP contribution in [0.2, 0.25) is 5.02 Å². The summed E-state index contributed by atoms with van der Waals surface area (Å²) in [6.07, 6.45) is -7.07. The molecule has 0 saturated heterocycles. The minimum Gasteiger partial charge on any atom is -0.336 e. The normalized spacial score (nSPS) is 12.0. The Morgan fingerprint density at radius 2 is 1.61 bits per heavy atom. The largest absolute Gasteiger partial charge is 0.416 e. The maximum Gasteiger partial charge on any atom is 0.416 e. The van der Waals surface area contributed by atoms with Crippen LogP contribution in [0.25, 0.3) is 11.3 Å². The van der Waals surface area contributed by atoms with Gasteiger partial charge in [0.15, 0.2) is 5.69 Å². The summed E-state index contributed by atoms with van der Waals surface area (Å²) in [5, 5.41) is 8.21. The predicted octanol–water partition coefficient (Wildman–Crippen LogP) is 6.35. The van der Waals surface area contributed by atoms with Crippen LogP contribution in [0.4, 0.5) is 26.3 Å². The van der Waals surface area contributed by atoms with Crippen molar-refractivity contribution in [3.63, 3.8) is 0 Å². The Hall–Kier alpha value is -3.93. The van der Waals surface area contributed by atoms with Crippen LogP contribution in [0, 0.1) is 0 Å². The van der Waals surface area contributed by atoms with Crippen molar-refractivity contribution in [2.75, 3.05) is 7.05 Å². The zero-order valence-electron chi connectivity index (χ0n) is 19.6. The first-order valence-corrected chi connectivity index (χ1v) is 11.3. The fourth-order valence-electron chi connectivity index (χ4n) is 3.77. The number of carbonyl (C=O) groups is 1. The molecule has 1 amide bonds. The summed E-state index contributed by atoms with van der Waals surface area (Å²) in [7, 11) is 1.50. The number of aromatic nitrogens is 4. The van der Waals surface area contributed by atoms with E-state index in [1.807, 2.05) is 0 Å². The van der Waals surface area contributed by atoms with Gasteiger partial charge in [-0.1, -0.05) is 47.1 Å². The molecule has 0 N–H and O–H groups in total. The van der Waals surface area contributed by atoms with E-state index in [-0.39, 0.29) is 29.6 Å². The van der Waals surface area contributed by atoms with Crippen LogP contribution in [-0.2, 0) is 25.4 Å². The second-order valence-corrected chi connectivity index (χ2v) is 8.76. The van der Waals surface area contributed by atoms with Crippen LogP contribution in [0.5, 0.6) is 0 Å². The van der Waals surface area contributed by atoms with Crippen LogP contribution in [0.15, 0.2) is 67.0 Å². The van der Waals surface area contributed by atoms with Gasteiger partial charge in [-0.3, -0.25) is 9.78 Å². The number of pyridine rings is 1. The fraction of sp³-hybridized carbons (Fsp3) is 0.200. The molecule has 2 heterocycles. The standard InChI is InChI=1S/C25H18ClF6N5O/c1-36(14-17-7-8-33-12-20(17)26)23(38)21-22(16-5-3-2-4-6-16)37(35-34-21)13-15-9-18(24(27,28)29)11-19(10-15)25(30,31)32/h2-12H,13-14H2,1H3. The molecule has 6 nitrogen and oxygen atoms in total. The first-order valence-electron chi connectivity index (χ1n) is 11.0. The van der Waals surface area contributed by atoms with Crippen molar-refractivity contribution < 1.29 is 31.1 Å². The SMILES string of the molecule is CN(Cc1ccncc1Cl)C(=O)c1nnn(Cc2cc(C(F)(F)F)cc(C(F)(F)F)c2)c1-c1ccccc1. The van der Waals surface area contributed by atoms with Crippen molar-refractivity contribution in [2.45, 2.75) is 25.4 Å². The van der Waals surface area contributed by atoms with Gasteiger partial charge in [-0.15, -0.1) is 5.10 Å². The number of hydrogen-bond donors (Lipinski definition) is 0. The third kappa shape index (κ3) is 5.96. The first kappa shape index (κ1) is 27.1. The molecule has 2 aromatic heterocycles. The highest BCUT2D eigenvalue weighted by molar-refractivity contribution is 6.31. The van der Waals surface area contributed by atoms with E-state index in [1.165, 1.54) is 24.3 Å². The smallest absolute Gasteiger partial charge is 0.336 e. The first-order chi connectivity index (χ1) is 17.8. The number of hydrogen-bond acceptors (Lipinski definition) is 4. The van der Waals surface area contributed by atoms with Crippen LogP contribution >= 0.6 is 11.6 Å². The molecule has 0 spiro atoms. The predicted molar refractivity (Wildman–Crippen MR) is 126 cm³/mol. The van der Waals surface area contributed by atoms with Gasteiger partial charge in [-0.25, -0.2) is 4.68 Å². The number of halogens is 7. The molecular formula is C25H18ClF6N5O. The van der Waals surface area contributed by atoms with E-state index in [1.54, 1.807) is 36.4 Å². The molecule has 0 aliphatic heterocycles. The molecule has 0 unspecified atom stereocenters. The van der Waals surface area contributed by atoms with E-state index in [0.717, 1.165) is 4.68 Å². The summed E-state index contributed by atoms with van der Waals surface area (Å²) in [5.41, 5.74) is -2.16. The second kappa shape index (κ2) is 10.4. The van der Waals surface area contributed by atoms with Gasteiger partial charge in [-0.2, -0.15) is 26.3 Å². The number of benzene rings is 2. The van der Waals surface area contributed by atoms with Gasteiger partial charge in [0.2, 0.25) is 0 Å². The maximum atomic E-state index is 13.4. The summed E-state index contributed by atoms with van der Waals surface area (Å²) < 4.78 is 81.3. The second-order valence-electron chi connectivity index (χ2n) is 8.35. The lowest BCUT2D eigenvalue weighted by Gasteiger charge is -2.18. The van der Waals surface area contributed by atoms with Gasteiger partial charge in [0.25, 0.3) is 5.91 Å². The molecule has 0 fully saturated rings. The van der Waals surface area contributed by atoms with Gasteiger partial charge in [0.05, 0.1) is 22.7 Å². The average molecular weight is 554 g/mol. The van der Waals surface area contributed by atoms with Crippen molar-refractivity contribution in [2.24, 2.45) is 0 Å². The summed E-state index contributed by atoms with van der Waals surface area (Å²) in [6.45, 7) is -0.415. The van der Waals surface area contributed by atoms with Crippen LogP contribution in [0.3, 0.4) is 0 Å². The molecule has 4 rings (SSSR count). The quantitative estimate of drug-likeness (QED) is 0.261. The highest BCUT2D eigenvalue weighted by Gasteiger charge is 2.37. The Morgan fingerprint density at radius 3 is 2.18 bits per heavy atom. The van der Waals surface area contributed by atoms with Gasteiger partial charge in [0, 0.05) is 31.5 Å². The lowest BCUT2D eigenvalue weighted by Crippen LogP contribution is -2.27. The van der Waals surface area contributed by atoms with Crippen LogP contribution < -0.4 is 0 Å². The molecule has 0 atom stereocenters. The monoisotopic (exact) mass is 553 g/mol. The zero-order valence-corrected chi connectivity index (χ0v) is 20.3. The van der Waals surface area contributed by atoms with Crippen molar-refractivity contribution in [3.8, 4) is 11.3 Å². The Bertz CT molecular complexity index is 1420. The molecule has 0 saturated carbocycles. The highest BCUT2D eigenvalue weighted by Crippen LogP contribution is 2.37. The zero-order chi connectivity index (χ0) is 27.7. The number of amides is 1. The Morgan fingerprint density at radius 1 is 0.974 bits per heavy atom. The van der Waals surface area contributed by atoms with Gasteiger partial charge in [0.1, 0.15) is 5.69 Å². The Labute approximate surface area is 217 Å². The lowest BCUT2D eigenvalue weighted by atomic mass is 10.0. The van der Waals surface area contributed by atoms with E-state index in [4.69, 9.17) is 11.6 Å². The van der Waals surface area contributed by atoms with E-state index in [2.05, 4.69) is 15.3 Å². The molecule has 0 bridgehead atoms. The molecular weight excluding hydrogens is 536 g/mol. The minimum atomic E-state index is -5.00. The number of rotatable bonds is 6. The van der Waals surface area contributed by atoms with Crippen molar-refractivity contribution >= 4 is 17.5 Å². The Kier molecular flexibility index (Phi) is 7.45. The highest BCUT2D eigenvalue weighted by atomic mass is 35.5. The van der Waals surface area contributed by atoms with Crippen LogP contribution in [0.1, 0.15) is 32.7 Å². The number of carbonyl (C=O) groups excluding carboxylic acids is 1.